The second-order valence-corrected chi connectivity index (χ2v) is 10.1. The number of rotatable bonds is 5. The lowest BCUT2D eigenvalue weighted by Gasteiger charge is -2.45. The molecular weight excluding hydrogens is 414 g/mol. The molecule has 2 saturated heterocycles. The third-order valence-corrected chi connectivity index (χ3v) is 7.55. The predicted molar refractivity (Wildman–Crippen MR) is 131 cm³/mol. The SMILES string of the molecule is CC(=O)c1nn(C(=O)N2CCC(C)(N(C)Cc3ccc(C)cc3N3CCCC3)CC2)cc1C. The van der Waals surface area contributed by atoms with Crippen molar-refractivity contribution in [3.63, 3.8) is 0 Å². The number of amides is 1. The normalized spacial score (nSPS) is 18.2. The summed E-state index contributed by atoms with van der Waals surface area (Å²) in [5, 5.41) is 4.23. The number of hydrogen-bond acceptors (Lipinski definition) is 5. The molecule has 0 bridgehead atoms. The molecule has 7 heteroatoms. The molecule has 0 atom stereocenters. The summed E-state index contributed by atoms with van der Waals surface area (Å²) >= 11 is 0. The van der Waals surface area contributed by atoms with Crippen molar-refractivity contribution in [2.75, 3.05) is 38.1 Å². The Hall–Kier alpha value is -2.67. The van der Waals surface area contributed by atoms with Gasteiger partial charge in [-0.3, -0.25) is 9.69 Å². The molecule has 178 valence electrons. The summed E-state index contributed by atoms with van der Waals surface area (Å²) in [7, 11) is 2.21. The van der Waals surface area contributed by atoms with Gasteiger partial charge in [-0.1, -0.05) is 12.1 Å². The highest BCUT2D eigenvalue weighted by molar-refractivity contribution is 5.94. The van der Waals surface area contributed by atoms with E-state index in [1.165, 1.54) is 41.3 Å². The first-order valence-electron chi connectivity index (χ1n) is 12.1. The molecule has 1 amide bonds. The van der Waals surface area contributed by atoms with Crippen LogP contribution < -0.4 is 4.90 Å². The maximum Gasteiger partial charge on any atom is 0.344 e. The summed E-state index contributed by atoms with van der Waals surface area (Å²) in [6, 6.07) is 6.69. The van der Waals surface area contributed by atoms with Crippen LogP contribution in [-0.2, 0) is 6.54 Å². The molecule has 1 aromatic heterocycles. The van der Waals surface area contributed by atoms with Crippen LogP contribution in [0.4, 0.5) is 10.5 Å². The average Bonchev–Trinajstić information content (AvgIpc) is 3.45. The van der Waals surface area contributed by atoms with Crippen molar-refractivity contribution in [1.29, 1.82) is 0 Å². The minimum Gasteiger partial charge on any atom is -0.371 e. The zero-order valence-corrected chi connectivity index (χ0v) is 20.7. The molecule has 2 aromatic rings. The number of anilines is 1. The molecule has 0 radical (unpaired) electrons. The Kier molecular flexibility index (Phi) is 6.61. The minimum atomic E-state index is -0.148. The van der Waals surface area contributed by atoms with E-state index < -0.39 is 0 Å². The van der Waals surface area contributed by atoms with Gasteiger partial charge in [-0.05, 0) is 76.3 Å². The molecule has 2 fully saturated rings. The first-order chi connectivity index (χ1) is 15.7. The molecule has 1 aromatic carbocycles. The van der Waals surface area contributed by atoms with Crippen LogP contribution >= 0.6 is 0 Å². The zero-order valence-electron chi connectivity index (χ0n) is 20.7. The van der Waals surface area contributed by atoms with Gasteiger partial charge in [0.25, 0.3) is 0 Å². The van der Waals surface area contributed by atoms with Gasteiger partial charge in [0.05, 0.1) is 0 Å². The van der Waals surface area contributed by atoms with Crippen LogP contribution in [0.2, 0.25) is 0 Å². The van der Waals surface area contributed by atoms with Crippen LogP contribution in [0, 0.1) is 13.8 Å². The highest BCUT2D eigenvalue weighted by Gasteiger charge is 2.36. The molecular formula is C26H37N5O2. The van der Waals surface area contributed by atoms with Crippen molar-refractivity contribution in [3.05, 3.63) is 46.8 Å². The lowest BCUT2D eigenvalue weighted by atomic mass is 9.87. The van der Waals surface area contributed by atoms with E-state index in [0.29, 0.717) is 18.8 Å². The number of ketones is 1. The average molecular weight is 452 g/mol. The lowest BCUT2D eigenvalue weighted by Crippen LogP contribution is -2.53. The summed E-state index contributed by atoms with van der Waals surface area (Å²) in [6.45, 7) is 12.3. The number of carbonyl (C=O) groups excluding carboxylic acids is 2. The molecule has 2 aliphatic rings. The number of likely N-dealkylation sites (tertiary alicyclic amines) is 1. The first-order valence-corrected chi connectivity index (χ1v) is 12.1. The lowest BCUT2D eigenvalue weighted by molar-refractivity contribution is 0.0586. The predicted octanol–water partition coefficient (Wildman–Crippen LogP) is 4.26. The van der Waals surface area contributed by atoms with Crippen LogP contribution in [0.25, 0.3) is 0 Å². The molecule has 0 N–H and O–H groups in total. The van der Waals surface area contributed by atoms with Crippen LogP contribution in [0.3, 0.4) is 0 Å². The molecule has 2 aliphatic heterocycles. The first kappa shape index (κ1) is 23.5. The van der Waals surface area contributed by atoms with Crippen molar-refractivity contribution >= 4 is 17.5 Å². The van der Waals surface area contributed by atoms with Gasteiger partial charge in [-0.15, -0.1) is 0 Å². The summed E-state index contributed by atoms with van der Waals surface area (Å²) in [4.78, 5) is 31.5. The fourth-order valence-corrected chi connectivity index (χ4v) is 5.12. The number of Topliss-reactive ketones (excluding diaryl/α,β-unsaturated/α-hetero) is 1. The van der Waals surface area contributed by atoms with Crippen molar-refractivity contribution in [1.82, 2.24) is 19.6 Å². The highest BCUT2D eigenvalue weighted by atomic mass is 16.2. The summed E-state index contributed by atoms with van der Waals surface area (Å²) in [5.41, 5.74) is 5.21. The number of piperidine rings is 1. The monoisotopic (exact) mass is 451 g/mol. The van der Waals surface area contributed by atoms with Crippen molar-refractivity contribution < 1.29 is 9.59 Å². The number of carbonyl (C=O) groups is 2. The smallest absolute Gasteiger partial charge is 0.344 e. The Balaban J connectivity index is 1.42. The standard InChI is InChI=1S/C26H37N5O2/c1-19-8-9-22(23(16-19)29-12-6-7-13-29)18-28(5)26(4)10-14-30(15-11-26)25(33)31-17-20(2)24(27-31)21(3)32/h8-9,16-17H,6-7,10-15,18H2,1-5H3. The van der Waals surface area contributed by atoms with Crippen LogP contribution in [-0.4, -0.2) is 70.2 Å². The van der Waals surface area contributed by atoms with Gasteiger partial charge in [0.1, 0.15) is 5.69 Å². The molecule has 0 unspecified atom stereocenters. The summed E-state index contributed by atoms with van der Waals surface area (Å²) < 4.78 is 1.33. The third kappa shape index (κ3) is 4.83. The molecule has 33 heavy (non-hydrogen) atoms. The fraction of sp³-hybridized carbons (Fsp3) is 0.577. The molecule has 0 saturated carbocycles. The largest absolute Gasteiger partial charge is 0.371 e. The number of hydrogen-bond donors (Lipinski definition) is 0. The van der Waals surface area contributed by atoms with E-state index in [1.807, 2.05) is 11.8 Å². The second-order valence-electron chi connectivity index (χ2n) is 10.1. The van der Waals surface area contributed by atoms with Gasteiger partial charge in [-0.25, -0.2) is 4.79 Å². The van der Waals surface area contributed by atoms with Crippen molar-refractivity contribution in [3.8, 4) is 0 Å². The Bertz CT molecular complexity index is 1030. The number of aromatic nitrogens is 2. The van der Waals surface area contributed by atoms with E-state index in [4.69, 9.17) is 0 Å². The fourth-order valence-electron chi connectivity index (χ4n) is 5.12. The number of nitrogens with zero attached hydrogens (tertiary/aromatic N) is 5. The quantitative estimate of drug-likeness (QED) is 0.636. The Morgan fingerprint density at radius 3 is 2.36 bits per heavy atom. The van der Waals surface area contributed by atoms with E-state index >= 15 is 0 Å². The Labute approximate surface area is 197 Å². The number of benzene rings is 1. The van der Waals surface area contributed by atoms with E-state index in [9.17, 15) is 9.59 Å². The topological polar surface area (TPSA) is 61.7 Å². The summed E-state index contributed by atoms with van der Waals surface area (Å²) in [6.07, 6.45) is 6.01. The van der Waals surface area contributed by atoms with E-state index in [0.717, 1.165) is 38.0 Å². The molecule has 4 rings (SSSR count). The van der Waals surface area contributed by atoms with E-state index in [1.54, 1.807) is 6.20 Å². The molecule has 0 aliphatic carbocycles. The summed E-state index contributed by atoms with van der Waals surface area (Å²) in [5.74, 6) is -0.115. The highest BCUT2D eigenvalue weighted by Crippen LogP contribution is 2.32. The van der Waals surface area contributed by atoms with Crippen molar-refractivity contribution in [2.24, 2.45) is 0 Å². The number of aryl methyl sites for hydroxylation is 2. The maximum absolute atomic E-state index is 13.0. The van der Waals surface area contributed by atoms with Gasteiger partial charge in [0.2, 0.25) is 0 Å². The van der Waals surface area contributed by atoms with Gasteiger partial charge >= 0.3 is 6.03 Å². The Morgan fingerprint density at radius 1 is 1.09 bits per heavy atom. The van der Waals surface area contributed by atoms with E-state index in [-0.39, 0.29) is 17.4 Å². The minimum absolute atomic E-state index is 0.0223. The third-order valence-electron chi connectivity index (χ3n) is 7.55. The van der Waals surface area contributed by atoms with Gasteiger partial charge in [-0.2, -0.15) is 9.78 Å². The maximum atomic E-state index is 13.0. The van der Waals surface area contributed by atoms with Gasteiger partial charge in [0, 0.05) is 57.1 Å². The van der Waals surface area contributed by atoms with Crippen LogP contribution in [0.1, 0.15) is 66.7 Å². The molecule has 0 spiro atoms. The Morgan fingerprint density at radius 2 is 1.76 bits per heavy atom. The molecule has 3 heterocycles. The van der Waals surface area contributed by atoms with Gasteiger partial charge in [0.15, 0.2) is 5.78 Å². The van der Waals surface area contributed by atoms with Crippen LogP contribution in [0.15, 0.2) is 24.4 Å². The zero-order chi connectivity index (χ0) is 23.8. The van der Waals surface area contributed by atoms with E-state index in [2.05, 4.69) is 54.0 Å². The van der Waals surface area contributed by atoms with Crippen LogP contribution in [0.5, 0.6) is 0 Å². The van der Waals surface area contributed by atoms with Crippen molar-refractivity contribution in [2.45, 2.75) is 65.5 Å². The van der Waals surface area contributed by atoms with Gasteiger partial charge < -0.3 is 9.80 Å². The second kappa shape index (κ2) is 9.29. The molecule has 7 nitrogen and oxygen atoms in total.